The molecule has 3 rings (SSSR count). The lowest BCUT2D eigenvalue weighted by Gasteiger charge is -2.29. The first-order valence-corrected chi connectivity index (χ1v) is 9.15. The van der Waals surface area contributed by atoms with Crippen molar-refractivity contribution < 1.29 is 9.59 Å². The number of hydrogen-bond acceptors (Lipinski definition) is 3. The molecule has 1 aliphatic heterocycles. The van der Waals surface area contributed by atoms with Crippen LogP contribution in [-0.2, 0) is 22.6 Å². The van der Waals surface area contributed by atoms with Crippen LogP contribution in [0.3, 0.4) is 0 Å². The normalized spacial score (nSPS) is 13.4. The van der Waals surface area contributed by atoms with Gasteiger partial charge in [-0.15, -0.1) is 0 Å². The number of para-hydroxylation sites is 2. The molecule has 2 N–H and O–H groups in total. The van der Waals surface area contributed by atoms with Gasteiger partial charge in [0.2, 0.25) is 11.8 Å². The summed E-state index contributed by atoms with van der Waals surface area (Å²) in [5.74, 6) is 0.00819. The predicted octanol–water partition coefficient (Wildman–Crippen LogP) is 3.10. The number of fused-ring (bicyclic) bond motifs is 1. The fourth-order valence-corrected chi connectivity index (χ4v) is 3.22. The van der Waals surface area contributed by atoms with Crippen molar-refractivity contribution >= 4 is 23.2 Å². The Morgan fingerprint density at radius 1 is 1.08 bits per heavy atom. The number of benzene rings is 2. The third-order valence-electron chi connectivity index (χ3n) is 4.61. The van der Waals surface area contributed by atoms with Crippen molar-refractivity contribution in [2.24, 2.45) is 0 Å². The van der Waals surface area contributed by atoms with Crippen LogP contribution in [0.15, 0.2) is 48.5 Å². The number of amides is 2. The van der Waals surface area contributed by atoms with Gasteiger partial charge >= 0.3 is 0 Å². The summed E-state index contributed by atoms with van der Waals surface area (Å²) in [6, 6.07) is 15.7. The summed E-state index contributed by atoms with van der Waals surface area (Å²) >= 11 is 0. The van der Waals surface area contributed by atoms with E-state index in [2.05, 4.69) is 17.6 Å². The molecule has 5 nitrogen and oxygen atoms in total. The van der Waals surface area contributed by atoms with E-state index in [0.717, 1.165) is 29.9 Å². The summed E-state index contributed by atoms with van der Waals surface area (Å²) in [7, 11) is 0. The Morgan fingerprint density at radius 2 is 1.85 bits per heavy atom. The van der Waals surface area contributed by atoms with Gasteiger partial charge in [0, 0.05) is 37.3 Å². The summed E-state index contributed by atoms with van der Waals surface area (Å²) in [5.41, 5.74) is 3.98. The van der Waals surface area contributed by atoms with Crippen molar-refractivity contribution in [3.8, 4) is 0 Å². The third-order valence-corrected chi connectivity index (χ3v) is 4.61. The van der Waals surface area contributed by atoms with Gasteiger partial charge in [0.1, 0.15) is 0 Å². The van der Waals surface area contributed by atoms with Crippen molar-refractivity contribution in [2.75, 3.05) is 23.3 Å². The topological polar surface area (TPSA) is 61.4 Å². The highest BCUT2D eigenvalue weighted by atomic mass is 16.2. The molecule has 26 heavy (non-hydrogen) atoms. The average molecular weight is 351 g/mol. The second-order valence-electron chi connectivity index (χ2n) is 6.41. The van der Waals surface area contributed by atoms with Crippen LogP contribution in [0.25, 0.3) is 0 Å². The maximum atomic E-state index is 12.4. The smallest absolute Gasteiger partial charge is 0.227 e. The second kappa shape index (κ2) is 8.63. The quantitative estimate of drug-likeness (QED) is 0.806. The Labute approximate surface area is 154 Å². The van der Waals surface area contributed by atoms with Crippen LogP contribution in [0, 0.1) is 0 Å². The van der Waals surface area contributed by atoms with E-state index in [1.165, 1.54) is 5.56 Å². The lowest BCUT2D eigenvalue weighted by molar-refractivity contribution is -0.119. The number of nitrogens with one attached hydrogen (secondary N) is 2. The van der Waals surface area contributed by atoms with Crippen LogP contribution < -0.4 is 15.5 Å². The maximum absolute atomic E-state index is 12.4. The van der Waals surface area contributed by atoms with E-state index in [0.29, 0.717) is 19.5 Å². The monoisotopic (exact) mass is 351 g/mol. The molecular formula is C21H25N3O2. The SMILES string of the molecule is CCNCc1ccccc1NC(=O)CCN1C(=O)CCc2ccccc21. The highest BCUT2D eigenvalue weighted by Crippen LogP contribution is 2.27. The molecule has 5 heteroatoms. The zero-order chi connectivity index (χ0) is 18.4. The van der Waals surface area contributed by atoms with Gasteiger partial charge < -0.3 is 15.5 Å². The van der Waals surface area contributed by atoms with E-state index in [4.69, 9.17) is 0 Å². The van der Waals surface area contributed by atoms with Gasteiger partial charge in [-0.25, -0.2) is 0 Å². The molecule has 0 bridgehead atoms. The highest BCUT2D eigenvalue weighted by Gasteiger charge is 2.24. The molecule has 2 aromatic carbocycles. The summed E-state index contributed by atoms with van der Waals surface area (Å²) in [5, 5.41) is 6.26. The molecule has 136 valence electrons. The van der Waals surface area contributed by atoms with Crippen LogP contribution >= 0.6 is 0 Å². The molecule has 0 aliphatic carbocycles. The molecule has 0 fully saturated rings. The third kappa shape index (κ3) is 4.29. The lowest BCUT2D eigenvalue weighted by atomic mass is 10.0. The summed E-state index contributed by atoms with van der Waals surface area (Å²) in [4.78, 5) is 26.5. The minimum absolute atomic E-state index is 0.0789. The standard InChI is InChI=1S/C21H25N3O2/c1-2-22-15-17-8-3-5-9-18(17)23-20(25)13-14-24-19-10-6-4-7-16(19)11-12-21(24)26/h3-10,22H,2,11-15H2,1H3,(H,23,25). The largest absolute Gasteiger partial charge is 0.326 e. The molecule has 0 saturated carbocycles. The Balaban J connectivity index is 1.62. The van der Waals surface area contributed by atoms with Crippen molar-refractivity contribution in [3.63, 3.8) is 0 Å². The van der Waals surface area contributed by atoms with Gasteiger partial charge in [0.25, 0.3) is 0 Å². The van der Waals surface area contributed by atoms with Crippen molar-refractivity contribution in [1.82, 2.24) is 5.32 Å². The number of carbonyl (C=O) groups is 2. The highest BCUT2D eigenvalue weighted by molar-refractivity contribution is 5.98. The van der Waals surface area contributed by atoms with E-state index in [-0.39, 0.29) is 18.2 Å². The number of aryl methyl sites for hydroxylation is 1. The lowest BCUT2D eigenvalue weighted by Crippen LogP contribution is -2.37. The number of hydrogen-bond donors (Lipinski definition) is 2. The molecular weight excluding hydrogens is 326 g/mol. The molecule has 2 amide bonds. The average Bonchev–Trinajstić information content (AvgIpc) is 2.66. The van der Waals surface area contributed by atoms with Crippen molar-refractivity contribution in [3.05, 3.63) is 59.7 Å². The van der Waals surface area contributed by atoms with Crippen molar-refractivity contribution in [1.29, 1.82) is 0 Å². The molecule has 2 aromatic rings. The van der Waals surface area contributed by atoms with Gasteiger partial charge in [-0.05, 0) is 36.2 Å². The molecule has 0 spiro atoms. The van der Waals surface area contributed by atoms with Gasteiger partial charge in [-0.1, -0.05) is 43.3 Å². The van der Waals surface area contributed by atoms with Crippen LogP contribution in [-0.4, -0.2) is 24.9 Å². The molecule has 1 aliphatic rings. The summed E-state index contributed by atoms with van der Waals surface area (Å²) in [6.45, 7) is 4.04. The molecule has 0 radical (unpaired) electrons. The molecule has 0 unspecified atom stereocenters. The molecule has 0 saturated heterocycles. The number of rotatable bonds is 7. The van der Waals surface area contributed by atoms with E-state index in [1.807, 2.05) is 48.5 Å². The molecule has 0 atom stereocenters. The minimum Gasteiger partial charge on any atom is -0.326 e. The van der Waals surface area contributed by atoms with Crippen molar-refractivity contribution in [2.45, 2.75) is 32.7 Å². The molecule has 1 heterocycles. The van der Waals surface area contributed by atoms with Crippen LogP contribution in [0.4, 0.5) is 11.4 Å². The summed E-state index contributed by atoms with van der Waals surface area (Å²) < 4.78 is 0. The second-order valence-corrected chi connectivity index (χ2v) is 6.41. The van der Waals surface area contributed by atoms with E-state index in [9.17, 15) is 9.59 Å². The number of anilines is 2. The first-order valence-electron chi connectivity index (χ1n) is 9.15. The summed E-state index contributed by atoms with van der Waals surface area (Å²) in [6.07, 6.45) is 1.55. The van der Waals surface area contributed by atoms with E-state index in [1.54, 1.807) is 4.90 Å². The van der Waals surface area contributed by atoms with Gasteiger partial charge in [0.15, 0.2) is 0 Å². The van der Waals surface area contributed by atoms with E-state index >= 15 is 0 Å². The Bertz CT molecular complexity index is 788. The zero-order valence-corrected chi connectivity index (χ0v) is 15.1. The first-order chi connectivity index (χ1) is 12.7. The fourth-order valence-electron chi connectivity index (χ4n) is 3.22. The number of carbonyl (C=O) groups excluding carboxylic acids is 2. The Kier molecular flexibility index (Phi) is 6.02. The Hall–Kier alpha value is -2.66. The Morgan fingerprint density at radius 3 is 2.69 bits per heavy atom. The van der Waals surface area contributed by atoms with Crippen LogP contribution in [0.5, 0.6) is 0 Å². The maximum Gasteiger partial charge on any atom is 0.227 e. The van der Waals surface area contributed by atoms with Gasteiger partial charge in [-0.3, -0.25) is 9.59 Å². The minimum atomic E-state index is -0.0789. The van der Waals surface area contributed by atoms with Crippen LogP contribution in [0.1, 0.15) is 30.9 Å². The van der Waals surface area contributed by atoms with Gasteiger partial charge in [-0.2, -0.15) is 0 Å². The number of nitrogens with zero attached hydrogens (tertiary/aromatic N) is 1. The van der Waals surface area contributed by atoms with E-state index < -0.39 is 0 Å². The molecule has 0 aromatic heterocycles. The fraction of sp³-hybridized carbons (Fsp3) is 0.333. The predicted molar refractivity (Wildman–Crippen MR) is 104 cm³/mol. The van der Waals surface area contributed by atoms with Crippen LogP contribution in [0.2, 0.25) is 0 Å². The zero-order valence-electron chi connectivity index (χ0n) is 15.1. The first kappa shape index (κ1) is 18.1. The van der Waals surface area contributed by atoms with Gasteiger partial charge in [0.05, 0.1) is 0 Å².